The van der Waals surface area contributed by atoms with E-state index in [1.807, 2.05) is 0 Å². The van der Waals surface area contributed by atoms with Crippen LogP contribution in [0, 0.1) is 112 Å². The lowest BCUT2D eigenvalue weighted by Gasteiger charge is -2.57. The monoisotopic (exact) mass is 1450 g/mol. The summed E-state index contributed by atoms with van der Waals surface area (Å²) in [5, 5.41) is 42.3. The minimum atomic E-state index is -0.110. The first-order chi connectivity index (χ1) is 51.3. The zero-order valence-electron chi connectivity index (χ0n) is 67.0. The highest BCUT2D eigenvalue weighted by atomic mass is 16.5. The van der Waals surface area contributed by atoms with Crippen LogP contribution in [0.25, 0.3) is 0 Å². The number of fused-ring (bicyclic) bond motifs is 26. The summed E-state index contributed by atoms with van der Waals surface area (Å²) in [6.07, 6.45) is 40.7. The maximum absolute atomic E-state index is 7.91. The second-order valence-electron chi connectivity index (χ2n) is 37.4. The summed E-state index contributed by atoms with van der Waals surface area (Å²) in [6.45, 7) is 26.2. The van der Waals surface area contributed by atoms with Crippen LogP contribution in [-0.2, 0) is 37.9 Å². The van der Waals surface area contributed by atoms with E-state index >= 15 is 0 Å². The fourth-order valence-corrected chi connectivity index (χ4v) is 26.9. The molecule has 17 heteroatoms. The molecule has 0 amide bonds. The van der Waals surface area contributed by atoms with Gasteiger partial charge in [0.15, 0.2) is 0 Å². The van der Waals surface area contributed by atoms with Crippen molar-refractivity contribution in [2.45, 2.75) is 378 Å². The maximum atomic E-state index is 7.91. The molecule has 15 rings (SSSR count). The lowest BCUT2D eigenvalue weighted by molar-refractivity contribution is -0.191. The van der Waals surface area contributed by atoms with Crippen LogP contribution in [0.3, 0.4) is 0 Å². The van der Waals surface area contributed by atoms with E-state index in [1.54, 1.807) is 0 Å². The third-order valence-electron chi connectivity index (χ3n) is 31.5. The molecule has 6 aliphatic heterocycles. The Morgan fingerprint density at radius 3 is 0.673 bits per heavy atom. The summed E-state index contributed by atoms with van der Waals surface area (Å²) < 4.78 is 62.5. The molecule has 0 radical (unpaired) electrons. The summed E-state index contributed by atoms with van der Waals surface area (Å²) in [7, 11) is 0. The highest BCUT2D eigenvalue weighted by Crippen LogP contribution is 2.61. The van der Waals surface area contributed by atoms with Crippen molar-refractivity contribution in [1.29, 1.82) is 0 Å². The first-order valence-electron chi connectivity index (χ1n) is 46.1. The van der Waals surface area contributed by atoms with Gasteiger partial charge < -0.3 is 43.2 Å². The summed E-state index contributed by atoms with van der Waals surface area (Å²) in [5.41, 5.74) is 0. The van der Waals surface area contributed by atoms with Crippen molar-refractivity contribution in [2.75, 3.05) is 59.4 Å². The summed E-state index contributed by atoms with van der Waals surface area (Å²) in [4.78, 5) is 0. The summed E-state index contributed by atoms with van der Waals surface area (Å²) >= 11 is 0. The molecular weight excluding hydrogens is 1300 g/mol. The molecular formula is C87H155N9O8. The maximum Gasteiger partial charge on any atom is 0.0792 e. The zero-order valence-corrected chi connectivity index (χ0v) is 67.0. The molecule has 0 aromatic rings. The predicted octanol–water partition coefficient (Wildman–Crippen LogP) is 13.7. The SMILES string of the molecule is CCCCOC1C2CC3CCCCC3CC2C(OCCCC)C2C3NC(NC4NC(NC5NC(NC6NC(N3)C3C(OCCCC)C7CC8CCCCC8CC7C(OCCCC)C63)C3C(OCCCC)C6NCCCC6C(OCCCC)C53)C3C(OCCCC)C5CCCCC5C(OCCCC)C43)C12. The molecule has 0 aromatic heterocycles. The van der Waals surface area contributed by atoms with Gasteiger partial charge in [-0.1, -0.05) is 171 Å². The Kier molecular flexibility index (Phi) is 28.4. The lowest BCUT2D eigenvalue weighted by atomic mass is 9.53. The van der Waals surface area contributed by atoms with Crippen LogP contribution in [0.15, 0.2) is 0 Å². The minimum Gasteiger partial charge on any atom is -0.378 e. The van der Waals surface area contributed by atoms with Gasteiger partial charge in [-0.2, -0.15) is 0 Å². The molecule has 9 N–H and O–H groups in total. The molecule has 6 saturated heterocycles. The molecule has 6 heterocycles. The molecule has 15 fully saturated rings. The van der Waals surface area contributed by atoms with Crippen LogP contribution < -0.4 is 47.9 Å². The van der Waals surface area contributed by atoms with Gasteiger partial charge >= 0.3 is 0 Å². The van der Waals surface area contributed by atoms with Crippen LogP contribution in [0.4, 0.5) is 0 Å². The largest absolute Gasteiger partial charge is 0.378 e. The Balaban J connectivity index is 0.923. The molecule has 0 aromatic carbocycles. The highest BCUT2D eigenvalue weighted by Gasteiger charge is 2.70. The number of rotatable bonds is 32. The van der Waals surface area contributed by atoms with Crippen molar-refractivity contribution in [3.63, 3.8) is 0 Å². The van der Waals surface area contributed by atoms with Gasteiger partial charge in [-0.15, -0.1) is 0 Å². The second-order valence-corrected chi connectivity index (χ2v) is 37.4. The Morgan fingerprint density at radius 1 is 0.221 bits per heavy atom. The molecule has 36 unspecified atom stereocenters. The molecule has 17 nitrogen and oxygen atoms in total. The van der Waals surface area contributed by atoms with Crippen molar-refractivity contribution in [1.82, 2.24) is 47.9 Å². The lowest BCUT2D eigenvalue weighted by Crippen LogP contribution is -2.68. The van der Waals surface area contributed by atoms with Crippen molar-refractivity contribution >= 4 is 0 Å². The molecule has 9 aliphatic carbocycles. The van der Waals surface area contributed by atoms with Crippen molar-refractivity contribution in [2.24, 2.45) is 112 Å². The number of hydrogen-bond acceptors (Lipinski definition) is 17. The Morgan fingerprint density at radius 2 is 0.423 bits per heavy atom. The Hall–Kier alpha value is -0.680. The van der Waals surface area contributed by atoms with Gasteiger partial charge in [0, 0.05) is 112 Å². The summed E-state index contributed by atoms with van der Waals surface area (Å²) in [6, 6.07) is 0.190. The van der Waals surface area contributed by atoms with Crippen LogP contribution in [-0.4, -0.2) is 164 Å². The van der Waals surface area contributed by atoms with E-state index in [-0.39, 0.29) is 152 Å². The minimum absolute atomic E-state index is 0.0161. The quantitative estimate of drug-likeness (QED) is 0.0290. The number of ether oxygens (including phenoxy) is 8. The van der Waals surface area contributed by atoms with E-state index in [0.717, 1.165) is 199 Å². The second kappa shape index (κ2) is 37.5. The van der Waals surface area contributed by atoms with E-state index in [9.17, 15) is 0 Å². The van der Waals surface area contributed by atoms with Crippen molar-refractivity contribution < 1.29 is 37.9 Å². The smallest absolute Gasteiger partial charge is 0.0792 e. The molecule has 36 atom stereocenters. The van der Waals surface area contributed by atoms with Crippen LogP contribution in [0.2, 0.25) is 0 Å². The third-order valence-corrected chi connectivity index (χ3v) is 31.5. The Bertz CT molecular complexity index is 2400. The number of piperidine rings is 1. The van der Waals surface area contributed by atoms with Crippen LogP contribution in [0.1, 0.15) is 274 Å². The number of hydrogen-bond donors (Lipinski definition) is 9. The topological polar surface area (TPSA) is 182 Å². The summed E-state index contributed by atoms with van der Waals surface area (Å²) in [5.74, 6) is 7.07. The average Bonchev–Trinajstić information content (AvgIpc) is 1.39. The molecule has 104 heavy (non-hydrogen) atoms. The van der Waals surface area contributed by atoms with Gasteiger partial charge in [-0.25, -0.2) is 0 Å². The molecule has 15 aliphatic rings. The van der Waals surface area contributed by atoms with Crippen molar-refractivity contribution in [3.05, 3.63) is 0 Å². The first kappa shape index (κ1) is 78.6. The number of nitrogens with one attached hydrogen (secondary N) is 9. The molecule has 596 valence electrons. The van der Waals surface area contributed by atoms with Gasteiger partial charge in [-0.05, 0) is 168 Å². The molecule has 9 saturated carbocycles. The van der Waals surface area contributed by atoms with Gasteiger partial charge in [0.1, 0.15) is 0 Å². The molecule has 0 spiro atoms. The van der Waals surface area contributed by atoms with E-state index in [0.29, 0.717) is 41.4 Å². The predicted molar refractivity (Wildman–Crippen MR) is 414 cm³/mol. The fraction of sp³-hybridized carbons (Fsp3) is 1.00. The number of unbranched alkanes of at least 4 members (excludes halogenated alkanes) is 8. The fourth-order valence-electron chi connectivity index (χ4n) is 26.9. The van der Waals surface area contributed by atoms with Crippen LogP contribution in [0.5, 0.6) is 0 Å². The molecule has 8 bridgehead atoms. The standard InChI is InChI=1S/C87H155N9O8/c1-9-17-40-97-72-56-36-29-30-37-57(56)73(98-41-18-10-2)64-63(72)80-89-81(64)91-86-69-70(79(104-47-24-16-8)71-58(38-31-39-88-71)74(69)99-42-19-11-3)87(96-86)95-85-68-67(77(102-45-22-14-6)61-50-54-34-27-28-35-55(54)51-62(61)78(68)103-46-23-15-7)84(94-85)93-83-66-65(82(90-80)92-83)75(100-43-20-12-4)59-48-52-32-25-26-33-53(52)49-60(59)76(66)101-44-21-13-5/h52-96H,9-51H2,1-8H3. The first-order valence-corrected chi connectivity index (χ1v) is 46.1. The van der Waals surface area contributed by atoms with Crippen LogP contribution >= 0.6 is 0 Å². The zero-order chi connectivity index (χ0) is 71.2. The van der Waals surface area contributed by atoms with Gasteiger partial charge in [0.25, 0.3) is 0 Å². The normalized spacial score (nSPS) is 47.8. The highest BCUT2D eigenvalue weighted by molar-refractivity contribution is 5.21. The van der Waals surface area contributed by atoms with Gasteiger partial charge in [0.2, 0.25) is 0 Å². The Labute approximate surface area is 632 Å². The van der Waals surface area contributed by atoms with E-state index in [2.05, 4.69) is 71.3 Å². The van der Waals surface area contributed by atoms with Crippen molar-refractivity contribution in [3.8, 4) is 0 Å². The van der Waals surface area contributed by atoms with E-state index < -0.39 is 0 Å². The van der Waals surface area contributed by atoms with Gasteiger partial charge in [0.05, 0.1) is 98.2 Å². The van der Waals surface area contributed by atoms with E-state index in [1.165, 1.54) is 103 Å². The average molecular weight is 1460 g/mol. The third kappa shape index (κ3) is 16.1. The van der Waals surface area contributed by atoms with Gasteiger partial charge in [-0.3, -0.25) is 42.5 Å². The van der Waals surface area contributed by atoms with E-state index in [4.69, 9.17) is 69.8 Å².